The summed E-state index contributed by atoms with van der Waals surface area (Å²) in [6.07, 6.45) is 0. The highest BCUT2D eigenvalue weighted by atomic mass is 35.5. The van der Waals surface area contributed by atoms with Crippen LogP contribution in [-0.4, -0.2) is 23.6 Å². The smallest absolute Gasteiger partial charge is 0.335 e. The van der Waals surface area contributed by atoms with E-state index in [1.807, 2.05) is 0 Å². The fourth-order valence-corrected chi connectivity index (χ4v) is 1.79. The quantitative estimate of drug-likeness (QED) is 0.890. The Bertz CT molecular complexity index is 655. The first kappa shape index (κ1) is 14.9. The van der Waals surface area contributed by atoms with E-state index in [-0.39, 0.29) is 18.1 Å². The number of hydrogen-bond donors (Lipinski definition) is 2. The Morgan fingerprint density at radius 2 is 1.76 bits per heavy atom. The number of ether oxygens (including phenoxy) is 1. The Kier molecular flexibility index (Phi) is 4.79. The molecule has 108 valence electrons. The normalized spacial score (nSPS) is 9.95. The number of anilines is 1. The van der Waals surface area contributed by atoms with E-state index in [2.05, 4.69) is 5.32 Å². The molecule has 0 unspecified atom stereocenters. The van der Waals surface area contributed by atoms with Gasteiger partial charge in [-0.15, -0.1) is 0 Å². The van der Waals surface area contributed by atoms with Crippen LogP contribution in [0.1, 0.15) is 10.4 Å². The summed E-state index contributed by atoms with van der Waals surface area (Å²) >= 11 is 5.90. The topological polar surface area (TPSA) is 75.6 Å². The van der Waals surface area contributed by atoms with Gasteiger partial charge >= 0.3 is 5.97 Å². The fourth-order valence-electron chi connectivity index (χ4n) is 1.60. The minimum absolute atomic E-state index is 0.153. The number of carboxylic acids is 1. The van der Waals surface area contributed by atoms with Crippen molar-refractivity contribution in [3.05, 3.63) is 59.1 Å². The van der Waals surface area contributed by atoms with Crippen LogP contribution in [0.3, 0.4) is 0 Å². The minimum Gasteiger partial charge on any atom is -0.482 e. The van der Waals surface area contributed by atoms with Gasteiger partial charge < -0.3 is 15.2 Å². The zero-order chi connectivity index (χ0) is 15.2. The number of carbonyl (C=O) groups is 2. The number of benzene rings is 2. The second-order valence-electron chi connectivity index (χ2n) is 4.15. The molecule has 0 fully saturated rings. The fraction of sp³-hybridized carbons (Fsp3) is 0.0667. The Balaban J connectivity index is 1.90. The molecule has 0 spiro atoms. The molecule has 0 radical (unpaired) electrons. The molecule has 0 heterocycles. The molecule has 0 saturated carbocycles. The molecule has 2 aromatic carbocycles. The maximum absolute atomic E-state index is 11.7. The van der Waals surface area contributed by atoms with Crippen LogP contribution < -0.4 is 10.1 Å². The number of rotatable bonds is 5. The van der Waals surface area contributed by atoms with Crippen LogP contribution in [0.5, 0.6) is 5.75 Å². The molecular formula is C15H12ClNO4. The lowest BCUT2D eigenvalue weighted by Gasteiger charge is -2.08. The second kappa shape index (κ2) is 6.76. The summed E-state index contributed by atoms with van der Waals surface area (Å²) in [5.74, 6) is -0.955. The lowest BCUT2D eigenvalue weighted by Crippen LogP contribution is -2.20. The van der Waals surface area contributed by atoms with E-state index in [0.29, 0.717) is 16.5 Å². The molecule has 0 aromatic heterocycles. The Morgan fingerprint density at radius 3 is 2.38 bits per heavy atom. The average molecular weight is 306 g/mol. The molecule has 2 aromatic rings. The van der Waals surface area contributed by atoms with Gasteiger partial charge in [0.15, 0.2) is 6.61 Å². The van der Waals surface area contributed by atoms with Crippen molar-refractivity contribution in [1.29, 1.82) is 0 Å². The number of para-hydroxylation sites is 1. The summed E-state index contributed by atoms with van der Waals surface area (Å²) in [6.45, 7) is -0.190. The standard InChI is InChI=1S/C15H12ClNO4/c16-12-3-1-2-4-13(12)21-9-14(18)17-11-7-5-10(6-8-11)15(19)20/h1-8H,9H2,(H,17,18)(H,19,20). The highest BCUT2D eigenvalue weighted by molar-refractivity contribution is 6.32. The molecule has 6 heteroatoms. The maximum atomic E-state index is 11.7. The van der Waals surface area contributed by atoms with Crippen molar-refractivity contribution < 1.29 is 19.4 Å². The van der Waals surface area contributed by atoms with Crippen molar-refractivity contribution in [3.8, 4) is 5.75 Å². The first-order chi connectivity index (χ1) is 10.1. The summed E-state index contributed by atoms with van der Waals surface area (Å²) < 4.78 is 5.29. The van der Waals surface area contributed by atoms with Crippen LogP contribution >= 0.6 is 11.6 Å². The zero-order valence-corrected chi connectivity index (χ0v) is 11.6. The number of hydrogen-bond acceptors (Lipinski definition) is 3. The van der Waals surface area contributed by atoms with Gasteiger partial charge in [0.05, 0.1) is 10.6 Å². The molecule has 0 saturated heterocycles. The first-order valence-electron chi connectivity index (χ1n) is 6.07. The third-order valence-corrected chi connectivity index (χ3v) is 2.92. The summed E-state index contributed by atoms with van der Waals surface area (Å²) in [7, 11) is 0. The van der Waals surface area contributed by atoms with Gasteiger partial charge in [0.2, 0.25) is 0 Å². The van der Waals surface area contributed by atoms with Crippen molar-refractivity contribution in [1.82, 2.24) is 0 Å². The Hall–Kier alpha value is -2.53. The predicted octanol–water partition coefficient (Wildman–Crippen LogP) is 3.06. The first-order valence-corrected chi connectivity index (χ1v) is 6.44. The monoisotopic (exact) mass is 305 g/mol. The predicted molar refractivity (Wildman–Crippen MR) is 79.0 cm³/mol. The van der Waals surface area contributed by atoms with Crippen molar-refractivity contribution in [3.63, 3.8) is 0 Å². The van der Waals surface area contributed by atoms with Crippen LogP contribution in [0.2, 0.25) is 5.02 Å². The molecule has 0 aliphatic heterocycles. The SMILES string of the molecule is O=C(COc1ccccc1Cl)Nc1ccc(C(=O)O)cc1. The van der Waals surface area contributed by atoms with Crippen LogP contribution in [0.25, 0.3) is 0 Å². The molecule has 0 aliphatic carbocycles. The van der Waals surface area contributed by atoms with Gasteiger partial charge in [-0.05, 0) is 36.4 Å². The molecule has 5 nitrogen and oxygen atoms in total. The Morgan fingerprint density at radius 1 is 1.10 bits per heavy atom. The third-order valence-electron chi connectivity index (χ3n) is 2.61. The number of carboxylic acid groups (broad SMARTS) is 1. The summed E-state index contributed by atoms with van der Waals surface area (Å²) in [4.78, 5) is 22.4. The van der Waals surface area contributed by atoms with Crippen molar-refractivity contribution in [2.45, 2.75) is 0 Å². The van der Waals surface area contributed by atoms with E-state index in [1.165, 1.54) is 24.3 Å². The van der Waals surface area contributed by atoms with E-state index >= 15 is 0 Å². The molecule has 2 N–H and O–H groups in total. The minimum atomic E-state index is -1.02. The molecular weight excluding hydrogens is 294 g/mol. The number of nitrogens with one attached hydrogen (secondary N) is 1. The van der Waals surface area contributed by atoms with Crippen LogP contribution in [0.4, 0.5) is 5.69 Å². The van der Waals surface area contributed by atoms with E-state index < -0.39 is 5.97 Å². The number of halogens is 1. The number of amides is 1. The molecule has 1 amide bonds. The van der Waals surface area contributed by atoms with Crippen LogP contribution in [0, 0.1) is 0 Å². The van der Waals surface area contributed by atoms with Gasteiger partial charge in [-0.3, -0.25) is 4.79 Å². The van der Waals surface area contributed by atoms with Crippen LogP contribution in [0.15, 0.2) is 48.5 Å². The summed E-state index contributed by atoms with van der Waals surface area (Å²) in [5, 5.41) is 11.8. The molecule has 0 bridgehead atoms. The van der Waals surface area contributed by atoms with E-state index in [4.69, 9.17) is 21.4 Å². The largest absolute Gasteiger partial charge is 0.482 e. The summed E-state index contributed by atoms with van der Waals surface area (Å²) in [5.41, 5.74) is 0.646. The number of aromatic carboxylic acids is 1. The van der Waals surface area contributed by atoms with Gasteiger partial charge in [-0.25, -0.2) is 4.79 Å². The molecule has 0 aliphatic rings. The highest BCUT2D eigenvalue weighted by Gasteiger charge is 2.07. The molecule has 21 heavy (non-hydrogen) atoms. The van der Waals surface area contributed by atoms with Crippen molar-refractivity contribution in [2.24, 2.45) is 0 Å². The van der Waals surface area contributed by atoms with Crippen molar-refractivity contribution in [2.75, 3.05) is 11.9 Å². The lowest BCUT2D eigenvalue weighted by molar-refractivity contribution is -0.118. The average Bonchev–Trinajstić information content (AvgIpc) is 2.47. The summed E-state index contributed by atoms with van der Waals surface area (Å²) in [6, 6.07) is 12.7. The van der Waals surface area contributed by atoms with Gasteiger partial charge in [0.25, 0.3) is 5.91 Å². The van der Waals surface area contributed by atoms with E-state index in [0.717, 1.165) is 0 Å². The second-order valence-corrected chi connectivity index (χ2v) is 4.56. The van der Waals surface area contributed by atoms with Gasteiger partial charge in [-0.2, -0.15) is 0 Å². The number of carbonyl (C=O) groups excluding carboxylic acids is 1. The van der Waals surface area contributed by atoms with E-state index in [1.54, 1.807) is 24.3 Å². The van der Waals surface area contributed by atoms with Gasteiger partial charge in [-0.1, -0.05) is 23.7 Å². The molecule has 0 atom stereocenters. The Labute approximate surface area is 126 Å². The van der Waals surface area contributed by atoms with E-state index in [9.17, 15) is 9.59 Å². The highest BCUT2D eigenvalue weighted by Crippen LogP contribution is 2.22. The molecule has 2 rings (SSSR count). The van der Waals surface area contributed by atoms with Crippen LogP contribution in [-0.2, 0) is 4.79 Å². The van der Waals surface area contributed by atoms with Gasteiger partial charge in [0, 0.05) is 5.69 Å². The van der Waals surface area contributed by atoms with Gasteiger partial charge in [0.1, 0.15) is 5.75 Å². The maximum Gasteiger partial charge on any atom is 0.335 e. The lowest BCUT2D eigenvalue weighted by atomic mass is 10.2. The zero-order valence-electron chi connectivity index (χ0n) is 10.9. The van der Waals surface area contributed by atoms with Crippen molar-refractivity contribution >= 4 is 29.2 Å². The third kappa shape index (κ3) is 4.22.